The van der Waals surface area contributed by atoms with Crippen LogP contribution in [0.25, 0.3) is 0 Å². The number of hydrogen-bond donors (Lipinski definition) is 2. The van der Waals surface area contributed by atoms with E-state index in [4.69, 9.17) is 5.11 Å². The average molecular weight is 239 g/mol. The highest BCUT2D eigenvalue weighted by Crippen LogP contribution is 2.08. The quantitative estimate of drug-likeness (QED) is 0.709. The molecule has 1 aliphatic rings. The molecular weight excluding hydrogens is 226 g/mol. The van der Waals surface area contributed by atoms with Gasteiger partial charge in [-0.25, -0.2) is 4.79 Å². The molecular formula is C9H13N5O3. The maximum Gasteiger partial charge on any atom is 0.325 e. The van der Waals surface area contributed by atoms with Gasteiger partial charge < -0.3 is 19.9 Å². The number of amides is 2. The highest BCUT2D eigenvalue weighted by Gasteiger charge is 2.24. The van der Waals surface area contributed by atoms with Crippen molar-refractivity contribution in [1.29, 1.82) is 0 Å². The summed E-state index contributed by atoms with van der Waals surface area (Å²) in [5.41, 5.74) is 0. The number of nitrogens with one attached hydrogen (secondary N) is 1. The number of nitrogens with zero attached hydrogens (tertiary/aromatic N) is 4. The molecule has 1 aromatic rings. The lowest BCUT2D eigenvalue weighted by Crippen LogP contribution is -2.48. The summed E-state index contributed by atoms with van der Waals surface area (Å²) in [6.07, 6.45) is 1.62. The number of rotatable bonds is 2. The normalized spacial score (nSPS) is 16.2. The van der Waals surface area contributed by atoms with Gasteiger partial charge in [-0.1, -0.05) is 0 Å². The zero-order chi connectivity index (χ0) is 12.4. The largest absolute Gasteiger partial charge is 0.480 e. The lowest BCUT2D eigenvalue weighted by Gasteiger charge is -2.27. The summed E-state index contributed by atoms with van der Waals surface area (Å²) >= 11 is 0. The van der Waals surface area contributed by atoms with Crippen molar-refractivity contribution in [1.82, 2.24) is 25.0 Å². The van der Waals surface area contributed by atoms with Crippen LogP contribution in [0.15, 0.2) is 6.33 Å². The van der Waals surface area contributed by atoms with E-state index in [0.29, 0.717) is 25.5 Å². The highest BCUT2D eigenvalue weighted by atomic mass is 16.4. The third-order valence-corrected chi connectivity index (χ3v) is 2.64. The predicted molar refractivity (Wildman–Crippen MR) is 56.1 cm³/mol. The van der Waals surface area contributed by atoms with E-state index in [1.165, 1.54) is 11.8 Å². The van der Waals surface area contributed by atoms with Crippen LogP contribution in [-0.2, 0) is 17.9 Å². The Morgan fingerprint density at radius 3 is 3.00 bits per heavy atom. The summed E-state index contributed by atoms with van der Waals surface area (Å²) in [4.78, 5) is 23.9. The molecule has 8 nitrogen and oxygen atoms in total. The summed E-state index contributed by atoms with van der Waals surface area (Å²) in [5.74, 6) is -0.354. The molecule has 92 valence electrons. The van der Waals surface area contributed by atoms with Crippen LogP contribution in [0.5, 0.6) is 0 Å². The molecule has 0 saturated heterocycles. The van der Waals surface area contributed by atoms with Gasteiger partial charge in [0.25, 0.3) is 0 Å². The van der Waals surface area contributed by atoms with E-state index in [9.17, 15) is 9.59 Å². The monoisotopic (exact) mass is 239 g/mol. The zero-order valence-electron chi connectivity index (χ0n) is 9.33. The Hall–Kier alpha value is -2.12. The molecule has 2 N–H and O–H groups in total. The van der Waals surface area contributed by atoms with E-state index >= 15 is 0 Å². The van der Waals surface area contributed by atoms with Gasteiger partial charge in [0.05, 0.1) is 6.54 Å². The molecule has 0 unspecified atom stereocenters. The molecule has 1 atom stereocenters. The van der Waals surface area contributed by atoms with Crippen molar-refractivity contribution in [2.75, 3.05) is 6.54 Å². The molecule has 2 rings (SSSR count). The second-order valence-corrected chi connectivity index (χ2v) is 3.87. The number of urea groups is 1. The highest BCUT2D eigenvalue weighted by molar-refractivity contribution is 5.82. The van der Waals surface area contributed by atoms with Crippen LogP contribution in [0.4, 0.5) is 4.79 Å². The maximum atomic E-state index is 11.7. The molecule has 1 aliphatic heterocycles. The molecule has 0 aliphatic carbocycles. The van der Waals surface area contributed by atoms with Crippen LogP contribution in [0.1, 0.15) is 12.7 Å². The first-order valence-electron chi connectivity index (χ1n) is 5.23. The van der Waals surface area contributed by atoms with Crippen molar-refractivity contribution >= 4 is 12.0 Å². The van der Waals surface area contributed by atoms with Crippen LogP contribution in [0, 0.1) is 0 Å². The predicted octanol–water partition coefficient (Wildman–Crippen LogP) is -0.724. The van der Waals surface area contributed by atoms with Gasteiger partial charge in [-0.2, -0.15) is 0 Å². The Morgan fingerprint density at radius 2 is 2.29 bits per heavy atom. The van der Waals surface area contributed by atoms with Gasteiger partial charge in [0, 0.05) is 13.1 Å². The molecule has 2 heterocycles. The van der Waals surface area contributed by atoms with Crippen molar-refractivity contribution < 1.29 is 14.7 Å². The van der Waals surface area contributed by atoms with Crippen LogP contribution < -0.4 is 5.32 Å². The summed E-state index contributed by atoms with van der Waals surface area (Å²) in [6, 6.07) is -1.29. The minimum absolute atomic E-state index is 0.345. The van der Waals surface area contributed by atoms with Gasteiger partial charge in [-0.3, -0.25) is 4.79 Å². The molecule has 1 aromatic heterocycles. The summed E-state index contributed by atoms with van der Waals surface area (Å²) in [6.45, 7) is 2.91. The number of carboxylic acids is 1. The topological polar surface area (TPSA) is 100 Å². The number of aromatic nitrogens is 3. The van der Waals surface area contributed by atoms with E-state index in [1.807, 2.05) is 4.57 Å². The Kier molecular flexibility index (Phi) is 2.94. The van der Waals surface area contributed by atoms with Gasteiger partial charge in [0.15, 0.2) is 5.82 Å². The molecule has 0 fully saturated rings. The average Bonchev–Trinajstić information content (AvgIpc) is 2.75. The summed E-state index contributed by atoms with van der Waals surface area (Å²) in [5, 5.41) is 18.7. The van der Waals surface area contributed by atoms with E-state index in [-0.39, 0.29) is 0 Å². The SMILES string of the molecule is C[C@H](NC(=O)N1CCn2cnnc2C1)C(=O)O. The second kappa shape index (κ2) is 4.40. The molecule has 8 heteroatoms. The standard InChI is InChI=1S/C9H13N5O3/c1-6(8(15)16)11-9(17)13-2-3-14-5-10-12-7(14)4-13/h5-6H,2-4H2,1H3,(H,11,17)(H,15,16)/t6-/m0/s1. The second-order valence-electron chi connectivity index (χ2n) is 3.87. The van der Waals surface area contributed by atoms with Crippen molar-refractivity contribution in [2.24, 2.45) is 0 Å². The molecule has 2 amide bonds. The third kappa shape index (κ3) is 2.35. The molecule has 0 radical (unpaired) electrons. The first kappa shape index (κ1) is 11.4. The van der Waals surface area contributed by atoms with E-state index in [1.54, 1.807) is 6.33 Å². The van der Waals surface area contributed by atoms with Gasteiger partial charge in [0.2, 0.25) is 0 Å². The third-order valence-electron chi connectivity index (χ3n) is 2.64. The number of carbonyl (C=O) groups is 2. The molecule has 0 aromatic carbocycles. The van der Waals surface area contributed by atoms with Crippen molar-refractivity contribution in [3.05, 3.63) is 12.2 Å². The van der Waals surface area contributed by atoms with Crippen molar-refractivity contribution in [3.8, 4) is 0 Å². The van der Waals surface area contributed by atoms with Crippen LogP contribution in [-0.4, -0.2) is 49.4 Å². The number of aliphatic carboxylic acids is 1. The number of hydrogen-bond acceptors (Lipinski definition) is 4. The van der Waals surface area contributed by atoms with Crippen LogP contribution in [0.2, 0.25) is 0 Å². The Morgan fingerprint density at radius 1 is 1.53 bits per heavy atom. The maximum absolute atomic E-state index is 11.7. The summed E-state index contributed by atoms with van der Waals surface area (Å²) in [7, 11) is 0. The van der Waals surface area contributed by atoms with Gasteiger partial charge in [0.1, 0.15) is 12.4 Å². The van der Waals surface area contributed by atoms with Crippen LogP contribution >= 0.6 is 0 Å². The Labute approximate surface area is 97.2 Å². The van der Waals surface area contributed by atoms with Gasteiger partial charge in [-0.05, 0) is 6.92 Å². The van der Waals surface area contributed by atoms with Crippen molar-refractivity contribution in [3.63, 3.8) is 0 Å². The first-order valence-corrected chi connectivity index (χ1v) is 5.23. The number of carboxylic acid groups (broad SMARTS) is 1. The molecule has 0 bridgehead atoms. The Balaban J connectivity index is 1.96. The van der Waals surface area contributed by atoms with E-state index in [0.717, 1.165) is 0 Å². The smallest absolute Gasteiger partial charge is 0.325 e. The van der Waals surface area contributed by atoms with E-state index in [2.05, 4.69) is 15.5 Å². The first-order chi connectivity index (χ1) is 8.08. The van der Waals surface area contributed by atoms with Crippen LogP contribution in [0.3, 0.4) is 0 Å². The number of carbonyl (C=O) groups excluding carboxylic acids is 1. The van der Waals surface area contributed by atoms with E-state index < -0.39 is 18.0 Å². The minimum Gasteiger partial charge on any atom is -0.480 e. The Bertz CT molecular complexity index is 444. The summed E-state index contributed by atoms with van der Waals surface area (Å²) < 4.78 is 1.87. The molecule has 0 spiro atoms. The van der Waals surface area contributed by atoms with Crippen molar-refractivity contribution in [2.45, 2.75) is 26.1 Å². The van der Waals surface area contributed by atoms with Gasteiger partial charge in [-0.15, -0.1) is 10.2 Å². The number of fused-ring (bicyclic) bond motifs is 1. The molecule has 17 heavy (non-hydrogen) atoms. The fraction of sp³-hybridized carbons (Fsp3) is 0.556. The minimum atomic E-state index is -1.06. The fourth-order valence-corrected chi connectivity index (χ4v) is 1.58. The zero-order valence-corrected chi connectivity index (χ0v) is 9.33. The lowest BCUT2D eigenvalue weighted by atomic mass is 10.3. The fourth-order valence-electron chi connectivity index (χ4n) is 1.58. The lowest BCUT2D eigenvalue weighted by molar-refractivity contribution is -0.138. The van der Waals surface area contributed by atoms with Gasteiger partial charge >= 0.3 is 12.0 Å². The molecule has 0 saturated carbocycles.